The summed E-state index contributed by atoms with van der Waals surface area (Å²) in [6.07, 6.45) is 3.27. The molecular formula is C13H17O4S-. The van der Waals surface area contributed by atoms with E-state index >= 15 is 0 Å². The van der Waals surface area contributed by atoms with Gasteiger partial charge in [0.15, 0.2) is 0 Å². The van der Waals surface area contributed by atoms with Crippen molar-refractivity contribution in [2.45, 2.75) is 37.2 Å². The minimum atomic E-state index is -4.33. The van der Waals surface area contributed by atoms with Crippen LogP contribution >= 0.6 is 0 Å². The van der Waals surface area contributed by atoms with Gasteiger partial charge in [-0.25, -0.2) is 8.42 Å². The number of hydrogen-bond donors (Lipinski definition) is 0. The van der Waals surface area contributed by atoms with Crippen LogP contribution in [0.2, 0.25) is 0 Å². The summed E-state index contributed by atoms with van der Waals surface area (Å²) in [4.78, 5) is -0.161. The molecule has 0 aromatic heterocycles. The molecule has 0 bridgehead atoms. The van der Waals surface area contributed by atoms with Crippen LogP contribution in [-0.2, 0) is 21.3 Å². The largest absolute Gasteiger partial charge is 0.744 e. The smallest absolute Gasteiger partial charge is 0.124 e. The molecule has 2 atom stereocenters. The van der Waals surface area contributed by atoms with Crippen molar-refractivity contribution in [3.63, 3.8) is 0 Å². The molecule has 0 N–H and O–H groups in total. The van der Waals surface area contributed by atoms with Crippen LogP contribution in [0.3, 0.4) is 0 Å². The fourth-order valence-electron chi connectivity index (χ4n) is 2.40. The van der Waals surface area contributed by atoms with Crippen LogP contribution in [0.5, 0.6) is 0 Å². The van der Waals surface area contributed by atoms with E-state index in [1.165, 1.54) is 12.1 Å². The maximum absolute atomic E-state index is 10.8. The van der Waals surface area contributed by atoms with Gasteiger partial charge in [0, 0.05) is 6.61 Å². The van der Waals surface area contributed by atoms with E-state index in [-0.39, 0.29) is 4.90 Å². The fraction of sp³-hybridized carbons (Fsp3) is 0.538. The molecular weight excluding hydrogens is 252 g/mol. The molecule has 0 spiro atoms. The van der Waals surface area contributed by atoms with Gasteiger partial charge in [-0.2, -0.15) is 0 Å². The lowest BCUT2D eigenvalue weighted by molar-refractivity contribution is 0.00284. The lowest BCUT2D eigenvalue weighted by Crippen LogP contribution is -2.24. The second kappa shape index (κ2) is 5.38. The highest BCUT2D eigenvalue weighted by Crippen LogP contribution is 2.24. The van der Waals surface area contributed by atoms with Crippen molar-refractivity contribution in [3.8, 4) is 0 Å². The molecule has 1 aliphatic rings. The monoisotopic (exact) mass is 269 g/mol. The Kier molecular flexibility index (Phi) is 4.04. The second-order valence-corrected chi connectivity index (χ2v) is 6.25. The van der Waals surface area contributed by atoms with Gasteiger partial charge in [-0.15, -0.1) is 0 Å². The summed E-state index contributed by atoms with van der Waals surface area (Å²) < 4.78 is 37.9. The van der Waals surface area contributed by atoms with Crippen molar-refractivity contribution < 1.29 is 17.7 Å². The third kappa shape index (κ3) is 3.54. The highest BCUT2D eigenvalue weighted by molar-refractivity contribution is 7.85. The van der Waals surface area contributed by atoms with Gasteiger partial charge in [-0.05, 0) is 49.8 Å². The number of rotatable bonds is 3. The molecule has 0 amide bonds. The summed E-state index contributed by atoms with van der Waals surface area (Å²) in [5.74, 6) is 0.573. The maximum Gasteiger partial charge on any atom is 0.124 e. The molecule has 0 saturated carbocycles. The van der Waals surface area contributed by atoms with Gasteiger partial charge in [0.2, 0.25) is 0 Å². The van der Waals surface area contributed by atoms with Crippen molar-refractivity contribution in [3.05, 3.63) is 29.8 Å². The van der Waals surface area contributed by atoms with E-state index in [9.17, 15) is 13.0 Å². The third-order valence-electron chi connectivity index (χ3n) is 3.33. The van der Waals surface area contributed by atoms with Crippen LogP contribution in [0.1, 0.15) is 25.3 Å². The second-order valence-electron chi connectivity index (χ2n) is 4.87. The van der Waals surface area contributed by atoms with E-state index < -0.39 is 10.1 Å². The van der Waals surface area contributed by atoms with Gasteiger partial charge >= 0.3 is 0 Å². The maximum atomic E-state index is 10.8. The van der Waals surface area contributed by atoms with E-state index in [1.54, 1.807) is 12.1 Å². The fourth-order valence-corrected chi connectivity index (χ4v) is 2.87. The molecule has 0 aliphatic carbocycles. The van der Waals surface area contributed by atoms with E-state index in [4.69, 9.17) is 4.74 Å². The van der Waals surface area contributed by atoms with E-state index in [2.05, 4.69) is 6.92 Å². The first-order chi connectivity index (χ1) is 8.45. The summed E-state index contributed by atoms with van der Waals surface area (Å²) in [7, 11) is -4.33. The number of hydrogen-bond acceptors (Lipinski definition) is 4. The number of ether oxygens (including phenoxy) is 1. The lowest BCUT2D eigenvalue weighted by atomic mass is 9.90. The third-order valence-corrected chi connectivity index (χ3v) is 4.18. The zero-order valence-electron chi connectivity index (χ0n) is 10.3. The molecule has 1 aromatic carbocycles. The average Bonchev–Trinajstić information content (AvgIpc) is 2.28. The number of benzene rings is 1. The predicted molar refractivity (Wildman–Crippen MR) is 66.2 cm³/mol. The molecule has 1 aliphatic heterocycles. The summed E-state index contributed by atoms with van der Waals surface area (Å²) in [6, 6.07) is 6.23. The van der Waals surface area contributed by atoms with Crippen molar-refractivity contribution in [2.24, 2.45) is 5.92 Å². The van der Waals surface area contributed by atoms with Crippen LogP contribution in [0.4, 0.5) is 0 Å². The molecule has 0 radical (unpaired) electrons. The summed E-state index contributed by atoms with van der Waals surface area (Å²) in [5, 5.41) is 0. The first-order valence-corrected chi connectivity index (χ1v) is 7.52. The Hall–Kier alpha value is -0.910. The van der Waals surface area contributed by atoms with Crippen molar-refractivity contribution in [2.75, 3.05) is 6.61 Å². The van der Waals surface area contributed by atoms with Gasteiger partial charge in [-0.3, -0.25) is 0 Å². The average molecular weight is 269 g/mol. The summed E-state index contributed by atoms with van der Waals surface area (Å²) >= 11 is 0. The molecule has 5 heteroatoms. The summed E-state index contributed by atoms with van der Waals surface area (Å²) in [5.41, 5.74) is 1.07. The van der Waals surface area contributed by atoms with Gasteiger partial charge in [0.05, 0.1) is 11.0 Å². The molecule has 18 heavy (non-hydrogen) atoms. The van der Waals surface area contributed by atoms with E-state index in [1.807, 2.05) is 0 Å². The molecule has 1 aromatic rings. The molecule has 1 heterocycles. The van der Waals surface area contributed by atoms with Crippen LogP contribution in [0.15, 0.2) is 29.2 Å². The normalized spacial score (nSPS) is 25.0. The Balaban J connectivity index is 2.02. The van der Waals surface area contributed by atoms with Crippen molar-refractivity contribution in [1.29, 1.82) is 0 Å². The first-order valence-electron chi connectivity index (χ1n) is 6.11. The Morgan fingerprint density at radius 1 is 1.33 bits per heavy atom. The summed E-state index contributed by atoms with van der Waals surface area (Å²) in [6.45, 7) is 2.86. The predicted octanol–water partition coefficient (Wildman–Crippen LogP) is 1.95. The standard InChI is InChI=1S/C13H18O4S/c1-10-8-12(6-7-17-10)9-11-2-4-13(5-3-11)18(14,15)16/h2-5,10,12H,6-9H2,1H3,(H,14,15,16)/p-1. The highest BCUT2D eigenvalue weighted by Gasteiger charge is 2.19. The quantitative estimate of drug-likeness (QED) is 0.787. The van der Waals surface area contributed by atoms with Crippen LogP contribution < -0.4 is 0 Å². The molecule has 2 rings (SSSR count). The van der Waals surface area contributed by atoms with Gasteiger partial charge in [0.25, 0.3) is 0 Å². The Morgan fingerprint density at radius 2 is 2.00 bits per heavy atom. The Bertz CT molecular complexity index is 492. The van der Waals surface area contributed by atoms with E-state index in [0.29, 0.717) is 12.0 Å². The van der Waals surface area contributed by atoms with Gasteiger partial charge in [0.1, 0.15) is 10.1 Å². The van der Waals surface area contributed by atoms with E-state index in [0.717, 1.165) is 31.4 Å². The minimum absolute atomic E-state index is 0.161. The van der Waals surface area contributed by atoms with Crippen molar-refractivity contribution in [1.82, 2.24) is 0 Å². The van der Waals surface area contributed by atoms with Crippen LogP contribution in [0.25, 0.3) is 0 Å². The molecule has 2 unspecified atom stereocenters. The van der Waals surface area contributed by atoms with Crippen molar-refractivity contribution >= 4 is 10.1 Å². The zero-order valence-corrected chi connectivity index (χ0v) is 11.2. The van der Waals surface area contributed by atoms with Crippen LogP contribution in [-0.4, -0.2) is 25.7 Å². The SMILES string of the molecule is CC1CC(Cc2ccc(S(=O)(=O)[O-])cc2)CCO1. The Labute approximate surface area is 108 Å². The molecule has 100 valence electrons. The molecule has 1 fully saturated rings. The molecule has 4 nitrogen and oxygen atoms in total. The first kappa shape index (κ1) is 13.5. The topological polar surface area (TPSA) is 66.4 Å². The molecule has 1 saturated heterocycles. The highest BCUT2D eigenvalue weighted by atomic mass is 32.2. The minimum Gasteiger partial charge on any atom is -0.744 e. The van der Waals surface area contributed by atoms with Gasteiger partial charge < -0.3 is 9.29 Å². The Morgan fingerprint density at radius 3 is 2.56 bits per heavy atom. The lowest BCUT2D eigenvalue weighted by Gasteiger charge is -2.27. The zero-order chi connectivity index (χ0) is 13.2. The van der Waals surface area contributed by atoms with Gasteiger partial charge in [-0.1, -0.05) is 12.1 Å². The van der Waals surface area contributed by atoms with Crippen LogP contribution in [0, 0.1) is 5.92 Å².